The van der Waals surface area contributed by atoms with Crippen molar-refractivity contribution in [2.75, 3.05) is 11.1 Å². The molecule has 0 aliphatic carbocycles. The predicted molar refractivity (Wildman–Crippen MR) is 161 cm³/mol. The van der Waals surface area contributed by atoms with Gasteiger partial charge in [-0.2, -0.15) is 0 Å². The number of thioether (sulfide) groups is 1. The molecule has 39 heavy (non-hydrogen) atoms. The molecule has 0 aliphatic rings. The molecule has 0 spiro atoms. The van der Waals surface area contributed by atoms with Crippen molar-refractivity contribution in [3.63, 3.8) is 0 Å². The molecular formula is C30H24BrN5O2S. The number of anilines is 1. The molecule has 6 aromatic rings. The van der Waals surface area contributed by atoms with Gasteiger partial charge < -0.3 is 15.0 Å². The fourth-order valence-corrected chi connectivity index (χ4v) is 5.95. The van der Waals surface area contributed by atoms with E-state index in [0.717, 1.165) is 33.3 Å². The Kier molecular flexibility index (Phi) is 6.85. The van der Waals surface area contributed by atoms with Gasteiger partial charge in [0.05, 0.1) is 11.3 Å². The summed E-state index contributed by atoms with van der Waals surface area (Å²) in [7, 11) is 0. The Hall–Kier alpha value is -4.08. The van der Waals surface area contributed by atoms with Crippen LogP contribution in [0.2, 0.25) is 0 Å². The second kappa shape index (κ2) is 10.6. The van der Waals surface area contributed by atoms with Crippen LogP contribution in [0.5, 0.6) is 5.75 Å². The van der Waals surface area contributed by atoms with Gasteiger partial charge in [-0.25, -0.2) is 0 Å². The predicted octanol–water partition coefficient (Wildman–Crippen LogP) is 7.26. The number of aromatic hydroxyl groups is 1. The number of carbonyl (C=O) groups excluding carboxylic acids is 1. The van der Waals surface area contributed by atoms with E-state index < -0.39 is 0 Å². The van der Waals surface area contributed by atoms with Crippen LogP contribution < -0.4 is 5.32 Å². The van der Waals surface area contributed by atoms with E-state index >= 15 is 0 Å². The third-order valence-electron chi connectivity index (χ3n) is 6.55. The second-order valence-corrected chi connectivity index (χ2v) is 10.8. The highest BCUT2D eigenvalue weighted by Crippen LogP contribution is 2.35. The van der Waals surface area contributed by atoms with Gasteiger partial charge >= 0.3 is 0 Å². The van der Waals surface area contributed by atoms with Crippen LogP contribution in [-0.2, 0) is 11.3 Å². The number of phenols is 1. The third kappa shape index (κ3) is 4.79. The Morgan fingerprint density at radius 3 is 2.51 bits per heavy atom. The number of nitrogens with zero attached hydrogens (tertiary/aromatic N) is 4. The van der Waals surface area contributed by atoms with E-state index in [2.05, 4.69) is 61.1 Å². The molecular weight excluding hydrogens is 574 g/mol. The number of nitrogens with one attached hydrogen (secondary N) is 1. The Bertz CT molecular complexity index is 1830. The number of amides is 1. The van der Waals surface area contributed by atoms with Crippen LogP contribution in [0, 0.1) is 0 Å². The molecule has 9 heteroatoms. The van der Waals surface area contributed by atoms with Crippen molar-refractivity contribution in [1.82, 2.24) is 19.3 Å². The van der Waals surface area contributed by atoms with E-state index in [1.807, 2.05) is 59.2 Å². The fraction of sp³-hybridized carbons (Fsp3) is 0.100. The van der Waals surface area contributed by atoms with Gasteiger partial charge in [0.1, 0.15) is 5.75 Å². The lowest BCUT2D eigenvalue weighted by molar-refractivity contribution is -0.113. The molecule has 1 amide bonds. The van der Waals surface area contributed by atoms with Gasteiger partial charge in [-0.05, 0) is 61.5 Å². The Labute approximate surface area is 237 Å². The van der Waals surface area contributed by atoms with Crippen molar-refractivity contribution in [2.45, 2.75) is 18.6 Å². The summed E-state index contributed by atoms with van der Waals surface area (Å²) in [6.07, 6.45) is 0. The average molecular weight is 599 g/mol. The standard InChI is InChI=1S/C30H24BrN5O2S/c1-2-35-25-11-7-6-10-22(25)23-17-20(13-14-26(23)35)32-28(38)18-39-30-34-33-29(24-16-19(31)12-15-27(24)37)36(30)21-8-4-3-5-9-21/h3-17,37H,2,18H2,1H3,(H,32,38). The quantitative estimate of drug-likeness (QED) is 0.189. The summed E-state index contributed by atoms with van der Waals surface area (Å²) in [5.41, 5.74) is 4.44. The smallest absolute Gasteiger partial charge is 0.234 e. The van der Waals surface area contributed by atoms with Gasteiger partial charge in [-0.3, -0.25) is 9.36 Å². The van der Waals surface area contributed by atoms with Crippen LogP contribution in [0.4, 0.5) is 5.69 Å². The first-order valence-corrected chi connectivity index (χ1v) is 14.2. The van der Waals surface area contributed by atoms with Gasteiger partial charge in [0.25, 0.3) is 0 Å². The summed E-state index contributed by atoms with van der Waals surface area (Å²) in [5, 5.41) is 25.1. The Morgan fingerprint density at radius 2 is 1.69 bits per heavy atom. The fourth-order valence-electron chi connectivity index (χ4n) is 4.83. The van der Waals surface area contributed by atoms with Crippen LogP contribution >= 0.6 is 27.7 Å². The molecule has 7 nitrogen and oxygen atoms in total. The molecule has 4 aromatic carbocycles. The number of hydrogen-bond acceptors (Lipinski definition) is 5. The number of phenolic OH excluding ortho intramolecular Hbond substituents is 1. The lowest BCUT2D eigenvalue weighted by Crippen LogP contribution is -2.14. The summed E-state index contributed by atoms with van der Waals surface area (Å²) in [6, 6.07) is 29.2. The van der Waals surface area contributed by atoms with E-state index in [9.17, 15) is 9.90 Å². The molecule has 0 unspecified atom stereocenters. The van der Waals surface area contributed by atoms with Crippen molar-refractivity contribution >= 4 is 61.1 Å². The highest BCUT2D eigenvalue weighted by atomic mass is 79.9. The number of aromatic nitrogens is 4. The van der Waals surface area contributed by atoms with E-state index in [0.29, 0.717) is 16.5 Å². The summed E-state index contributed by atoms with van der Waals surface area (Å²) >= 11 is 4.76. The van der Waals surface area contributed by atoms with Gasteiger partial charge in [-0.1, -0.05) is 64.1 Å². The van der Waals surface area contributed by atoms with E-state index in [-0.39, 0.29) is 17.4 Å². The number of carbonyl (C=O) groups is 1. The Morgan fingerprint density at radius 1 is 0.923 bits per heavy atom. The summed E-state index contributed by atoms with van der Waals surface area (Å²) < 4.78 is 4.94. The van der Waals surface area contributed by atoms with Crippen LogP contribution in [0.3, 0.4) is 0 Å². The van der Waals surface area contributed by atoms with Crippen molar-refractivity contribution in [1.29, 1.82) is 0 Å². The maximum atomic E-state index is 13.0. The van der Waals surface area contributed by atoms with Crippen molar-refractivity contribution in [3.8, 4) is 22.8 Å². The van der Waals surface area contributed by atoms with Gasteiger partial charge in [0, 0.05) is 44.2 Å². The zero-order valence-corrected chi connectivity index (χ0v) is 23.4. The maximum absolute atomic E-state index is 13.0. The molecule has 2 heterocycles. The molecule has 2 aromatic heterocycles. The average Bonchev–Trinajstić information content (AvgIpc) is 3.52. The topological polar surface area (TPSA) is 85.0 Å². The zero-order valence-electron chi connectivity index (χ0n) is 21.0. The number of para-hydroxylation sites is 2. The number of halogens is 1. The van der Waals surface area contributed by atoms with Crippen LogP contribution in [0.25, 0.3) is 38.9 Å². The number of aryl methyl sites for hydroxylation is 1. The molecule has 0 fully saturated rings. The van der Waals surface area contributed by atoms with Gasteiger partial charge in [-0.15, -0.1) is 10.2 Å². The molecule has 0 radical (unpaired) electrons. The van der Waals surface area contributed by atoms with Crippen LogP contribution in [-0.4, -0.2) is 36.1 Å². The molecule has 0 atom stereocenters. The lowest BCUT2D eigenvalue weighted by atomic mass is 10.1. The van der Waals surface area contributed by atoms with Crippen molar-refractivity contribution in [3.05, 3.63) is 95.5 Å². The number of hydrogen-bond donors (Lipinski definition) is 2. The highest BCUT2D eigenvalue weighted by molar-refractivity contribution is 9.10. The normalized spacial score (nSPS) is 11.3. The monoisotopic (exact) mass is 597 g/mol. The van der Waals surface area contributed by atoms with Gasteiger partial charge in [0.2, 0.25) is 5.91 Å². The molecule has 2 N–H and O–H groups in total. The minimum absolute atomic E-state index is 0.0943. The maximum Gasteiger partial charge on any atom is 0.234 e. The van der Waals surface area contributed by atoms with E-state index in [4.69, 9.17) is 0 Å². The first kappa shape index (κ1) is 25.2. The van der Waals surface area contributed by atoms with E-state index in [1.165, 1.54) is 22.7 Å². The molecule has 0 saturated carbocycles. The molecule has 0 bridgehead atoms. The lowest BCUT2D eigenvalue weighted by Gasteiger charge is -2.11. The minimum atomic E-state index is -0.145. The largest absolute Gasteiger partial charge is 0.507 e. The summed E-state index contributed by atoms with van der Waals surface area (Å²) in [5.74, 6) is 0.579. The van der Waals surface area contributed by atoms with Crippen LogP contribution in [0.15, 0.2) is 101 Å². The third-order valence-corrected chi connectivity index (χ3v) is 7.97. The Balaban J connectivity index is 1.27. The second-order valence-electron chi connectivity index (χ2n) is 8.97. The van der Waals surface area contributed by atoms with Crippen molar-refractivity contribution < 1.29 is 9.90 Å². The summed E-state index contributed by atoms with van der Waals surface area (Å²) in [4.78, 5) is 13.0. The highest BCUT2D eigenvalue weighted by Gasteiger charge is 2.20. The SMILES string of the molecule is CCn1c2ccccc2c2cc(NC(=O)CSc3nnc(-c4cc(Br)ccc4O)n3-c3ccccc3)ccc21. The van der Waals surface area contributed by atoms with Crippen LogP contribution in [0.1, 0.15) is 6.92 Å². The molecule has 0 saturated heterocycles. The molecule has 194 valence electrons. The number of fused-ring (bicyclic) bond motifs is 3. The summed E-state index contributed by atoms with van der Waals surface area (Å²) in [6.45, 7) is 3.00. The van der Waals surface area contributed by atoms with E-state index in [1.54, 1.807) is 18.2 Å². The first-order chi connectivity index (χ1) is 19.0. The number of rotatable bonds is 7. The number of benzene rings is 4. The molecule has 6 rings (SSSR count). The molecule has 0 aliphatic heterocycles. The zero-order chi connectivity index (χ0) is 26.9. The van der Waals surface area contributed by atoms with Gasteiger partial charge in [0.15, 0.2) is 11.0 Å². The minimum Gasteiger partial charge on any atom is -0.507 e. The van der Waals surface area contributed by atoms with Crippen molar-refractivity contribution in [2.24, 2.45) is 0 Å². The first-order valence-electron chi connectivity index (χ1n) is 12.5.